The second-order valence-corrected chi connectivity index (χ2v) is 7.73. The summed E-state index contributed by atoms with van der Waals surface area (Å²) in [7, 11) is 1.65. The molecule has 154 valence electrons. The smallest absolute Gasteiger partial charge is 0.271 e. The highest BCUT2D eigenvalue weighted by molar-refractivity contribution is 7.09. The van der Waals surface area contributed by atoms with Crippen LogP contribution >= 0.6 is 11.3 Å². The van der Waals surface area contributed by atoms with Crippen LogP contribution in [0.5, 0.6) is 5.75 Å². The van der Waals surface area contributed by atoms with Crippen LogP contribution in [0.2, 0.25) is 0 Å². The lowest BCUT2D eigenvalue weighted by Crippen LogP contribution is -2.23. The van der Waals surface area contributed by atoms with Gasteiger partial charge in [0.25, 0.3) is 5.91 Å². The average Bonchev–Trinajstić information content (AvgIpc) is 3.42. The zero-order chi connectivity index (χ0) is 20.8. The van der Waals surface area contributed by atoms with Gasteiger partial charge in [-0.25, -0.2) is 9.97 Å². The van der Waals surface area contributed by atoms with Crippen LogP contribution in [0, 0.1) is 0 Å². The van der Waals surface area contributed by atoms with Crippen molar-refractivity contribution in [3.63, 3.8) is 0 Å². The Bertz CT molecular complexity index is 1120. The minimum atomic E-state index is -0.146. The summed E-state index contributed by atoms with van der Waals surface area (Å²) in [5.74, 6) is 1.53. The molecule has 0 saturated carbocycles. The van der Waals surface area contributed by atoms with Gasteiger partial charge in [0.15, 0.2) is 0 Å². The number of hydrogen-bond acceptors (Lipinski definition) is 6. The van der Waals surface area contributed by atoms with E-state index in [1.807, 2.05) is 53.9 Å². The molecule has 0 aliphatic heterocycles. The van der Waals surface area contributed by atoms with Gasteiger partial charge in [-0.2, -0.15) is 0 Å². The number of ether oxygens (including phenoxy) is 1. The number of aromatic nitrogens is 3. The molecule has 0 atom stereocenters. The number of carbonyl (C=O) groups excluding carboxylic acids is 1. The predicted molar refractivity (Wildman–Crippen MR) is 118 cm³/mol. The number of fused-ring (bicyclic) bond motifs is 1. The second kappa shape index (κ2) is 9.51. The number of hydrogen-bond donors (Lipinski definition) is 3. The van der Waals surface area contributed by atoms with Crippen molar-refractivity contribution in [1.82, 2.24) is 25.6 Å². The van der Waals surface area contributed by atoms with E-state index in [1.165, 1.54) is 11.3 Å². The summed E-state index contributed by atoms with van der Waals surface area (Å²) in [6, 6.07) is 15.6. The van der Waals surface area contributed by atoms with E-state index in [1.54, 1.807) is 7.11 Å². The molecule has 0 saturated heterocycles. The first-order valence-electron chi connectivity index (χ1n) is 9.71. The van der Waals surface area contributed by atoms with E-state index < -0.39 is 0 Å². The van der Waals surface area contributed by atoms with Crippen molar-refractivity contribution in [1.29, 1.82) is 0 Å². The standard InChI is InChI=1S/C22H23N5O2S/c1-29-16-7-8-17-18(11-16)26-20(25-17)13-23-10-9-21-27-19(14-30-21)22(28)24-12-15-5-3-2-4-6-15/h2-8,11,14,23H,9-10,12-13H2,1H3,(H,24,28)(H,25,26). The highest BCUT2D eigenvalue weighted by Crippen LogP contribution is 2.18. The Labute approximate surface area is 178 Å². The summed E-state index contributed by atoms with van der Waals surface area (Å²) in [6.07, 6.45) is 0.755. The molecule has 0 fully saturated rings. The molecule has 1 amide bonds. The summed E-state index contributed by atoms with van der Waals surface area (Å²) in [6.45, 7) is 1.88. The van der Waals surface area contributed by atoms with Crippen LogP contribution in [-0.2, 0) is 19.5 Å². The summed E-state index contributed by atoms with van der Waals surface area (Å²) < 4.78 is 5.24. The van der Waals surface area contributed by atoms with Gasteiger partial charge < -0.3 is 20.4 Å². The van der Waals surface area contributed by atoms with Gasteiger partial charge in [-0.1, -0.05) is 30.3 Å². The second-order valence-electron chi connectivity index (χ2n) is 6.79. The maximum Gasteiger partial charge on any atom is 0.271 e. The molecule has 0 aliphatic rings. The molecule has 0 radical (unpaired) electrons. The van der Waals surface area contributed by atoms with E-state index in [0.717, 1.165) is 46.1 Å². The lowest BCUT2D eigenvalue weighted by molar-refractivity contribution is 0.0946. The van der Waals surface area contributed by atoms with Crippen molar-refractivity contribution >= 4 is 28.3 Å². The third-order valence-corrected chi connectivity index (χ3v) is 5.54. The zero-order valence-corrected chi connectivity index (χ0v) is 17.5. The predicted octanol–water partition coefficient (Wildman–Crippen LogP) is 3.29. The quantitative estimate of drug-likeness (QED) is 0.361. The first-order valence-corrected chi connectivity index (χ1v) is 10.6. The van der Waals surface area contributed by atoms with Gasteiger partial charge in [0.1, 0.15) is 17.3 Å². The van der Waals surface area contributed by atoms with Crippen molar-refractivity contribution in [3.8, 4) is 5.75 Å². The fourth-order valence-corrected chi connectivity index (χ4v) is 3.83. The number of thiazole rings is 1. The largest absolute Gasteiger partial charge is 0.497 e. The summed E-state index contributed by atoms with van der Waals surface area (Å²) in [5.41, 5.74) is 3.41. The van der Waals surface area contributed by atoms with Crippen LogP contribution in [0.15, 0.2) is 53.9 Å². The Kier molecular flexibility index (Phi) is 6.36. The molecule has 7 nitrogen and oxygen atoms in total. The molecule has 0 spiro atoms. The number of amides is 1. The summed E-state index contributed by atoms with van der Waals surface area (Å²) >= 11 is 1.50. The molecule has 2 aromatic carbocycles. The van der Waals surface area contributed by atoms with Crippen LogP contribution in [0.4, 0.5) is 0 Å². The zero-order valence-electron chi connectivity index (χ0n) is 16.6. The Morgan fingerprint density at radius 1 is 1.13 bits per heavy atom. The van der Waals surface area contributed by atoms with Gasteiger partial charge in [0.2, 0.25) is 0 Å². The van der Waals surface area contributed by atoms with Crippen molar-refractivity contribution in [3.05, 3.63) is 76.0 Å². The minimum absolute atomic E-state index is 0.146. The Hall–Kier alpha value is -3.23. The Morgan fingerprint density at radius 3 is 2.83 bits per heavy atom. The van der Waals surface area contributed by atoms with Crippen molar-refractivity contribution in [2.24, 2.45) is 0 Å². The van der Waals surface area contributed by atoms with E-state index >= 15 is 0 Å². The molecule has 0 unspecified atom stereocenters. The average molecular weight is 422 g/mol. The fourth-order valence-electron chi connectivity index (χ4n) is 3.05. The normalized spacial score (nSPS) is 11.0. The number of benzene rings is 2. The van der Waals surface area contributed by atoms with Crippen LogP contribution in [0.25, 0.3) is 11.0 Å². The molecule has 8 heteroatoms. The van der Waals surface area contributed by atoms with E-state index in [0.29, 0.717) is 18.8 Å². The maximum absolute atomic E-state index is 12.3. The van der Waals surface area contributed by atoms with Gasteiger partial charge in [-0.15, -0.1) is 11.3 Å². The van der Waals surface area contributed by atoms with Crippen molar-refractivity contribution in [2.45, 2.75) is 19.5 Å². The topological polar surface area (TPSA) is 91.9 Å². The maximum atomic E-state index is 12.3. The minimum Gasteiger partial charge on any atom is -0.497 e. The highest BCUT2D eigenvalue weighted by Gasteiger charge is 2.10. The fraction of sp³-hybridized carbons (Fsp3) is 0.227. The molecular formula is C22H23N5O2S. The van der Waals surface area contributed by atoms with Gasteiger partial charge >= 0.3 is 0 Å². The number of methoxy groups -OCH3 is 1. The van der Waals surface area contributed by atoms with Gasteiger partial charge in [0, 0.05) is 31.0 Å². The molecule has 2 heterocycles. The van der Waals surface area contributed by atoms with Crippen molar-refractivity contribution < 1.29 is 9.53 Å². The van der Waals surface area contributed by atoms with Gasteiger partial charge in [-0.3, -0.25) is 4.79 Å². The molecule has 4 rings (SSSR count). The lowest BCUT2D eigenvalue weighted by Gasteiger charge is -2.03. The van der Waals surface area contributed by atoms with Gasteiger partial charge in [0.05, 0.1) is 29.7 Å². The van der Waals surface area contributed by atoms with Crippen molar-refractivity contribution in [2.75, 3.05) is 13.7 Å². The highest BCUT2D eigenvalue weighted by atomic mass is 32.1. The number of nitrogens with one attached hydrogen (secondary N) is 3. The molecule has 0 bridgehead atoms. The first-order chi connectivity index (χ1) is 14.7. The van der Waals surface area contributed by atoms with E-state index in [4.69, 9.17) is 4.74 Å². The summed E-state index contributed by atoms with van der Waals surface area (Å²) in [5, 5.41) is 9.01. The third kappa shape index (κ3) is 5.03. The number of nitrogens with zero attached hydrogens (tertiary/aromatic N) is 2. The number of rotatable bonds is 9. The number of imidazole rings is 1. The van der Waals surface area contributed by atoms with Crippen LogP contribution in [0.3, 0.4) is 0 Å². The molecule has 3 N–H and O–H groups in total. The molecule has 0 aliphatic carbocycles. The van der Waals surface area contributed by atoms with E-state index in [-0.39, 0.29) is 5.91 Å². The molecular weight excluding hydrogens is 398 g/mol. The number of carbonyl (C=O) groups is 1. The van der Waals surface area contributed by atoms with Crippen LogP contribution in [0.1, 0.15) is 26.9 Å². The Morgan fingerprint density at radius 2 is 2.00 bits per heavy atom. The third-order valence-electron chi connectivity index (χ3n) is 4.63. The molecule has 2 aromatic heterocycles. The van der Waals surface area contributed by atoms with Crippen LogP contribution < -0.4 is 15.4 Å². The Balaban J connectivity index is 1.23. The number of aromatic amines is 1. The molecule has 4 aromatic rings. The van der Waals surface area contributed by atoms with Gasteiger partial charge in [-0.05, 0) is 17.7 Å². The lowest BCUT2D eigenvalue weighted by atomic mass is 10.2. The summed E-state index contributed by atoms with van der Waals surface area (Å²) in [4.78, 5) is 24.6. The SMILES string of the molecule is COc1ccc2nc(CNCCc3nc(C(=O)NCc4ccccc4)cs3)[nH]c2c1. The molecule has 30 heavy (non-hydrogen) atoms. The van der Waals surface area contributed by atoms with E-state index in [2.05, 4.69) is 25.6 Å². The van der Waals surface area contributed by atoms with Crippen LogP contribution in [-0.4, -0.2) is 34.5 Å². The monoisotopic (exact) mass is 421 g/mol. The first kappa shape index (κ1) is 20.1. The number of H-pyrrole nitrogens is 1. The van der Waals surface area contributed by atoms with E-state index in [9.17, 15) is 4.79 Å².